The molecule has 0 aliphatic heterocycles. The van der Waals surface area contributed by atoms with Gasteiger partial charge in [-0.3, -0.25) is 0 Å². The highest BCUT2D eigenvalue weighted by molar-refractivity contribution is 7.18. The van der Waals surface area contributed by atoms with Gasteiger partial charge in [-0.1, -0.05) is 20.3 Å². The number of aromatic nitrogens is 1. The van der Waals surface area contributed by atoms with E-state index in [1.54, 1.807) is 11.3 Å². The van der Waals surface area contributed by atoms with Crippen LogP contribution in [0.4, 0.5) is 5.69 Å². The molecule has 0 bridgehead atoms. The van der Waals surface area contributed by atoms with Crippen LogP contribution < -0.4 is 5.32 Å². The van der Waals surface area contributed by atoms with E-state index < -0.39 is 0 Å². The smallest absolute Gasteiger partial charge is 0.0907 e. The van der Waals surface area contributed by atoms with Gasteiger partial charge in [-0.2, -0.15) is 0 Å². The van der Waals surface area contributed by atoms with Crippen molar-refractivity contribution in [2.75, 3.05) is 5.32 Å². The third-order valence-corrected chi connectivity index (χ3v) is 5.38. The van der Waals surface area contributed by atoms with E-state index in [1.165, 1.54) is 42.5 Å². The van der Waals surface area contributed by atoms with E-state index >= 15 is 0 Å². The molecule has 1 aromatic carbocycles. The van der Waals surface area contributed by atoms with Gasteiger partial charge in [0.05, 0.1) is 15.2 Å². The van der Waals surface area contributed by atoms with Crippen LogP contribution >= 0.6 is 11.3 Å². The van der Waals surface area contributed by atoms with E-state index in [4.69, 9.17) is 0 Å². The molecule has 1 saturated carbocycles. The first-order chi connectivity index (χ1) is 9.52. The van der Waals surface area contributed by atoms with Crippen LogP contribution in [0.1, 0.15) is 51.0 Å². The summed E-state index contributed by atoms with van der Waals surface area (Å²) in [4.78, 5) is 4.53. The molecule has 1 heterocycles. The monoisotopic (exact) mass is 288 g/mol. The van der Waals surface area contributed by atoms with Gasteiger partial charge >= 0.3 is 0 Å². The molecule has 1 aliphatic carbocycles. The SMILES string of the molecule is Cc1nc2ccc(NC3CCCC(C)(C)CC3)cc2s1. The van der Waals surface area contributed by atoms with E-state index in [2.05, 4.69) is 49.3 Å². The molecule has 1 aromatic heterocycles. The highest BCUT2D eigenvalue weighted by Gasteiger charge is 2.24. The summed E-state index contributed by atoms with van der Waals surface area (Å²) in [5.74, 6) is 0. The fraction of sp³-hybridized carbons (Fsp3) is 0.588. The van der Waals surface area contributed by atoms with Gasteiger partial charge in [0.2, 0.25) is 0 Å². The van der Waals surface area contributed by atoms with E-state index in [9.17, 15) is 0 Å². The minimum absolute atomic E-state index is 0.523. The summed E-state index contributed by atoms with van der Waals surface area (Å²) in [5.41, 5.74) is 2.90. The van der Waals surface area contributed by atoms with Crippen LogP contribution in [-0.2, 0) is 0 Å². The Morgan fingerprint density at radius 1 is 1.25 bits per heavy atom. The molecule has 1 unspecified atom stereocenters. The van der Waals surface area contributed by atoms with E-state index in [-0.39, 0.29) is 0 Å². The number of benzene rings is 1. The zero-order chi connectivity index (χ0) is 14.2. The quantitative estimate of drug-likeness (QED) is 0.751. The van der Waals surface area contributed by atoms with Gasteiger partial charge in [0.15, 0.2) is 0 Å². The molecular weight excluding hydrogens is 264 g/mol. The first-order valence-electron chi connectivity index (χ1n) is 7.66. The Morgan fingerprint density at radius 2 is 2.10 bits per heavy atom. The van der Waals surface area contributed by atoms with Crippen molar-refractivity contribution >= 4 is 27.2 Å². The number of nitrogens with one attached hydrogen (secondary N) is 1. The normalized spacial score (nSPS) is 22.6. The highest BCUT2D eigenvalue weighted by atomic mass is 32.1. The Bertz CT molecular complexity index is 600. The Kier molecular flexibility index (Phi) is 3.72. The number of fused-ring (bicyclic) bond motifs is 1. The average molecular weight is 288 g/mol. The predicted octanol–water partition coefficient (Wildman–Crippen LogP) is 5.38. The molecule has 0 saturated heterocycles. The van der Waals surface area contributed by atoms with Crippen molar-refractivity contribution in [3.63, 3.8) is 0 Å². The minimum Gasteiger partial charge on any atom is -0.382 e. The van der Waals surface area contributed by atoms with Crippen LogP contribution in [0.3, 0.4) is 0 Å². The van der Waals surface area contributed by atoms with Gasteiger partial charge in [0, 0.05) is 11.7 Å². The number of hydrogen-bond donors (Lipinski definition) is 1. The van der Waals surface area contributed by atoms with Crippen LogP contribution in [0, 0.1) is 12.3 Å². The van der Waals surface area contributed by atoms with Crippen LogP contribution in [0.25, 0.3) is 10.2 Å². The Hall–Kier alpha value is -1.09. The molecule has 1 atom stereocenters. The lowest BCUT2D eigenvalue weighted by Gasteiger charge is -2.22. The lowest BCUT2D eigenvalue weighted by atomic mass is 9.85. The molecule has 20 heavy (non-hydrogen) atoms. The molecule has 3 rings (SSSR count). The number of thiazole rings is 1. The van der Waals surface area contributed by atoms with Crippen molar-refractivity contribution in [1.29, 1.82) is 0 Å². The van der Waals surface area contributed by atoms with Crippen LogP contribution in [0.15, 0.2) is 18.2 Å². The largest absolute Gasteiger partial charge is 0.382 e. The summed E-state index contributed by atoms with van der Waals surface area (Å²) in [5, 5.41) is 4.89. The first-order valence-corrected chi connectivity index (χ1v) is 8.47. The molecule has 0 radical (unpaired) electrons. The maximum atomic E-state index is 4.53. The van der Waals surface area contributed by atoms with Crippen molar-refractivity contribution in [3.05, 3.63) is 23.2 Å². The van der Waals surface area contributed by atoms with E-state index in [0.717, 1.165) is 10.5 Å². The molecular formula is C17H24N2S. The predicted molar refractivity (Wildman–Crippen MR) is 88.6 cm³/mol. The summed E-state index contributed by atoms with van der Waals surface area (Å²) in [7, 11) is 0. The minimum atomic E-state index is 0.523. The van der Waals surface area contributed by atoms with Gasteiger partial charge < -0.3 is 5.32 Å². The van der Waals surface area contributed by atoms with Crippen LogP contribution in [0.5, 0.6) is 0 Å². The standard InChI is InChI=1S/C17H24N2S/c1-12-18-15-7-6-14(11-16(15)20-12)19-13-5-4-9-17(2,3)10-8-13/h6-7,11,13,19H,4-5,8-10H2,1-3H3. The molecule has 1 fully saturated rings. The maximum absolute atomic E-state index is 4.53. The van der Waals surface area contributed by atoms with Gasteiger partial charge in [-0.25, -0.2) is 4.98 Å². The summed E-state index contributed by atoms with van der Waals surface area (Å²) in [6, 6.07) is 7.21. The van der Waals surface area contributed by atoms with E-state index in [0.29, 0.717) is 11.5 Å². The second-order valence-electron chi connectivity index (χ2n) is 6.85. The molecule has 1 N–H and O–H groups in total. The van der Waals surface area contributed by atoms with Gasteiger partial charge in [0.1, 0.15) is 0 Å². The summed E-state index contributed by atoms with van der Waals surface area (Å²) in [6.07, 6.45) is 6.60. The zero-order valence-electron chi connectivity index (χ0n) is 12.7. The Morgan fingerprint density at radius 3 is 2.95 bits per heavy atom. The number of hydrogen-bond acceptors (Lipinski definition) is 3. The zero-order valence-corrected chi connectivity index (χ0v) is 13.5. The van der Waals surface area contributed by atoms with E-state index in [1.807, 2.05) is 0 Å². The molecule has 1 aliphatic rings. The number of rotatable bonds is 2. The Balaban J connectivity index is 1.72. The second-order valence-corrected chi connectivity index (χ2v) is 8.09. The highest BCUT2D eigenvalue weighted by Crippen LogP contribution is 2.35. The van der Waals surface area contributed by atoms with Gasteiger partial charge in [-0.05, 0) is 56.2 Å². The molecule has 2 aromatic rings. The van der Waals surface area contributed by atoms with Crippen molar-refractivity contribution in [2.24, 2.45) is 5.41 Å². The van der Waals surface area contributed by atoms with Crippen molar-refractivity contribution in [2.45, 2.75) is 58.9 Å². The molecule has 0 spiro atoms. The molecule has 3 heteroatoms. The number of anilines is 1. The third-order valence-electron chi connectivity index (χ3n) is 4.44. The maximum Gasteiger partial charge on any atom is 0.0907 e. The van der Waals surface area contributed by atoms with Crippen LogP contribution in [-0.4, -0.2) is 11.0 Å². The molecule has 108 valence electrons. The Labute approximate surface area is 125 Å². The lowest BCUT2D eigenvalue weighted by molar-refractivity contribution is 0.313. The fourth-order valence-electron chi connectivity index (χ4n) is 3.17. The lowest BCUT2D eigenvalue weighted by Crippen LogP contribution is -2.19. The third kappa shape index (κ3) is 3.14. The van der Waals surface area contributed by atoms with Crippen LogP contribution in [0.2, 0.25) is 0 Å². The van der Waals surface area contributed by atoms with Gasteiger partial charge in [-0.15, -0.1) is 11.3 Å². The number of aryl methyl sites for hydroxylation is 1. The summed E-state index contributed by atoms with van der Waals surface area (Å²) < 4.78 is 1.29. The summed E-state index contributed by atoms with van der Waals surface area (Å²) in [6.45, 7) is 6.88. The van der Waals surface area contributed by atoms with Crippen molar-refractivity contribution < 1.29 is 0 Å². The number of nitrogens with zero attached hydrogens (tertiary/aromatic N) is 1. The van der Waals surface area contributed by atoms with Crippen molar-refractivity contribution in [1.82, 2.24) is 4.98 Å². The molecule has 0 amide bonds. The summed E-state index contributed by atoms with van der Waals surface area (Å²) >= 11 is 1.78. The topological polar surface area (TPSA) is 24.9 Å². The molecule has 2 nitrogen and oxygen atoms in total. The second kappa shape index (κ2) is 5.36. The van der Waals surface area contributed by atoms with Crippen molar-refractivity contribution in [3.8, 4) is 0 Å². The first kappa shape index (κ1) is 13.9. The fourth-order valence-corrected chi connectivity index (χ4v) is 4.04. The van der Waals surface area contributed by atoms with Gasteiger partial charge in [0.25, 0.3) is 0 Å². The average Bonchev–Trinajstić information content (AvgIpc) is 2.66.